The molecule has 1 aromatic carbocycles. The van der Waals surface area contributed by atoms with Crippen LogP contribution in [0.1, 0.15) is 18.4 Å². The van der Waals surface area contributed by atoms with E-state index in [9.17, 15) is 9.59 Å². The van der Waals surface area contributed by atoms with E-state index in [1.165, 1.54) is 6.08 Å². The van der Waals surface area contributed by atoms with Crippen molar-refractivity contribution in [2.45, 2.75) is 18.9 Å². The van der Waals surface area contributed by atoms with Crippen LogP contribution in [0.15, 0.2) is 29.8 Å². The van der Waals surface area contributed by atoms with Crippen molar-refractivity contribution in [3.8, 4) is 11.8 Å². The number of ether oxygens (including phenoxy) is 2. The predicted octanol–water partition coefficient (Wildman–Crippen LogP) is 0.753. The van der Waals surface area contributed by atoms with Crippen molar-refractivity contribution in [2.75, 3.05) is 19.8 Å². The molecule has 1 saturated heterocycles. The Bertz CT molecular complexity index is 655. The molecule has 0 bridgehead atoms. The molecular weight excluding hydrogens is 310 g/mol. The number of nitriles is 1. The van der Waals surface area contributed by atoms with Gasteiger partial charge in [-0.25, -0.2) is 0 Å². The molecule has 0 spiro atoms. The first-order valence-electron chi connectivity index (χ1n) is 7.61. The van der Waals surface area contributed by atoms with Crippen molar-refractivity contribution in [1.82, 2.24) is 5.32 Å². The van der Waals surface area contributed by atoms with Gasteiger partial charge in [0, 0.05) is 13.2 Å². The molecule has 7 nitrogen and oxygen atoms in total. The summed E-state index contributed by atoms with van der Waals surface area (Å²) in [7, 11) is 0. The number of nitrogens with two attached hydrogens (primary N) is 1. The van der Waals surface area contributed by atoms with Crippen LogP contribution in [0.4, 0.5) is 0 Å². The molecule has 0 radical (unpaired) electrons. The fourth-order valence-corrected chi connectivity index (χ4v) is 2.24. The minimum atomic E-state index is -0.561. The Hall–Kier alpha value is -2.85. The predicted molar refractivity (Wildman–Crippen MR) is 86.7 cm³/mol. The van der Waals surface area contributed by atoms with E-state index < -0.39 is 11.8 Å². The average molecular weight is 329 g/mol. The number of hydrogen-bond acceptors (Lipinski definition) is 5. The topological polar surface area (TPSA) is 114 Å². The van der Waals surface area contributed by atoms with Gasteiger partial charge in [-0.2, -0.15) is 5.26 Å². The SMILES string of the molecule is N#C/C(=C\c1ccc(OCC(N)=O)cc1)C(=O)NCC1CCCO1. The second-order valence-electron chi connectivity index (χ2n) is 5.34. The molecule has 126 valence electrons. The number of carbonyl (C=O) groups excluding carboxylic acids is 2. The Morgan fingerprint density at radius 3 is 2.75 bits per heavy atom. The monoisotopic (exact) mass is 329 g/mol. The third kappa shape index (κ3) is 5.41. The molecule has 0 aliphatic carbocycles. The van der Waals surface area contributed by atoms with Crippen LogP contribution in [-0.2, 0) is 14.3 Å². The molecule has 2 amide bonds. The molecule has 1 unspecified atom stereocenters. The third-order valence-corrected chi connectivity index (χ3v) is 3.45. The summed E-state index contributed by atoms with van der Waals surface area (Å²) in [5.74, 6) is -0.511. The summed E-state index contributed by atoms with van der Waals surface area (Å²) in [6.07, 6.45) is 3.42. The highest BCUT2D eigenvalue weighted by Crippen LogP contribution is 2.15. The van der Waals surface area contributed by atoms with Crippen molar-refractivity contribution < 1.29 is 19.1 Å². The molecule has 1 aliphatic heterocycles. The number of hydrogen-bond donors (Lipinski definition) is 2. The Morgan fingerprint density at radius 1 is 1.42 bits per heavy atom. The van der Waals surface area contributed by atoms with Crippen LogP contribution < -0.4 is 15.8 Å². The van der Waals surface area contributed by atoms with Gasteiger partial charge >= 0.3 is 0 Å². The summed E-state index contributed by atoms with van der Waals surface area (Å²) in [5.41, 5.74) is 5.68. The van der Waals surface area contributed by atoms with Gasteiger partial charge in [-0.1, -0.05) is 12.1 Å². The van der Waals surface area contributed by atoms with Crippen LogP contribution in [0.3, 0.4) is 0 Å². The highest BCUT2D eigenvalue weighted by molar-refractivity contribution is 6.01. The molecule has 1 aliphatic rings. The van der Waals surface area contributed by atoms with Gasteiger partial charge < -0.3 is 20.5 Å². The molecule has 24 heavy (non-hydrogen) atoms. The molecular formula is C17H19N3O4. The Morgan fingerprint density at radius 2 is 2.17 bits per heavy atom. The zero-order valence-corrected chi connectivity index (χ0v) is 13.2. The van der Waals surface area contributed by atoms with Gasteiger partial charge in [-0.05, 0) is 36.6 Å². The van der Waals surface area contributed by atoms with Crippen LogP contribution in [0.5, 0.6) is 5.75 Å². The molecule has 2 rings (SSSR count). The first-order chi connectivity index (χ1) is 11.6. The number of primary amides is 1. The highest BCUT2D eigenvalue weighted by Gasteiger charge is 2.17. The summed E-state index contributed by atoms with van der Waals surface area (Å²) in [6, 6.07) is 8.53. The lowest BCUT2D eigenvalue weighted by atomic mass is 10.1. The lowest BCUT2D eigenvalue weighted by Gasteiger charge is -2.10. The van der Waals surface area contributed by atoms with E-state index in [0.29, 0.717) is 24.5 Å². The Kier molecular flexibility index (Phi) is 6.34. The van der Waals surface area contributed by atoms with Crippen molar-refractivity contribution in [3.63, 3.8) is 0 Å². The van der Waals surface area contributed by atoms with E-state index >= 15 is 0 Å². The second kappa shape index (κ2) is 8.70. The summed E-state index contributed by atoms with van der Waals surface area (Å²) >= 11 is 0. The molecule has 3 N–H and O–H groups in total. The molecule has 7 heteroatoms. The van der Waals surface area contributed by atoms with Crippen LogP contribution >= 0.6 is 0 Å². The lowest BCUT2D eigenvalue weighted by molar-refractivity contribution is -0.120. The van der Waals surface area contributed by atoms with E-state index in [1.54, 1.807) is 24.3 Å². The van der Waals surface area contributed by atoms with Gasteiger partial charge in [-0.15, -0.1) is 0 Å². The highest BCUT2D eigenvalue weighted by atomic mass is 16.5. The number of benzene rings is 1. The number of carbonyl (C=O) groups is 2. The van der Waals surface area contributed by atoms with E-state index in [4.69, 9.17) is 20.5 Å². The number of rotatable bonds is 7. The Labute approximate surface area is 140 Å². The van der Waals surface area contributed by atoms with Gasteiger partial charge in [-0.3, -0.25) is 9.59 Å². The molecule has 1 heterocycles. The summed E-state index contributed by atoms with van der Waals surface area (Å²) in [6.45, 7) is 0.910. The van der Waals surface area contributed by atoms with E-state index in [0.717, 1.165) is 12.8 Å². The maximum atomic E-state index is 12.0. The van der Waals surface area contributed by atoms with Gasteiger partial charge in [0.15, 0.2) is 6.61 Å². The van der Waals surface area contributed by atoms with E-state index in [-0.39, 0.29) is 18.3 Å². The first kappa shape index (κ1) is 17.5. The van der Waals surface area contributed by atoms with Crippen molar-refractivity contribution in [2.24, 2.45) is 5.73 Å². The zero-order chi connectivity index (χ0) is 17.4. The van der Waals surface area contributed by atoms with Crippen LogP contribution in [0.2, 0.25) is 0 Å². The summed E-state index contributed by atoms with van der Waals surface area (Å²) in [5, 5.41) is 11.9. The average Bonchev–Trinajstić information content (AvgIpc) is 3.10. The molecule has 1 fully saturated rings. The van der Waals surface area contributed by atoms with Gasteiger partial charge in [0.2, 0.25) is 0 Å². The van der Waals surface area contributed by atoms with Crippen LogP contribution in [-0.4, -0.2) is 37.7 Å². The maximum Gasteiger partial charge on any atom is 0.262 e. The number of nitrogens with one attached hydrogen (secondary N) is 1. The molecule has 1 aromatic rings. The maximum absolute atomic E-state index is 12.0. The quantitative estimate of drug-likeness (QED) is 0.566. The smallest absolute Gasteiger partial charge is 0.262 e. The number of amides is 2. The van der Waals surface area contributed by atoms with Crippen LogP contribution in [0.25, 0.3) is 6.08 Å². The fourth-order valence-electron chi connectivity index (χ4n) is 2.24. The van der Waals surface area contributed by atoms with E-state index in [1.807, 2.05) is 6.07 Å². The molecule has 1 atom stereocenters. The fraction of sp³-hybridized carbons (Fsp3) is 0.353. The van der Waals surface area contributed by atoms with Crippen LogP contribution in [0, 0.1) is 11.3 Å². The summed E-state index contributed by atoms with van der Waals surface area (Å²) in [4.78, 5) is 22.7. The third-order valence-electron chi connectivity index (χ3n) is 3.45. The van der Waals surface area contributed by atoms with Gasteiger partial charge in [0.1, 0.15) is 17.4 Å². The largest absolute Gasteiger partial charge is 0.484 e. The minimum absolute atomic E-state index is 0.0128. The van der Waals surface area contributed by atoms with E-state index in [2.05, 4.69) is 5.32 Å². The molecule has 0 saturated carbocycles. The lowest BCUT2D eigenvalue weighted by Crippen LogP contribution is -2.32. The normalized spacial score (nSPS) is 17.1. The first-order valence-corrected chi connectivity index (χ1v) is 7.61. The Balaban J connectivity index is 1.94. The summed E-state index contributed by atoms with van der Waals surface area (Å²) < 4.78 is 10.6. The number of nitrogens with zero attached hydrogens (tertiary/aromatic N) is 1. The van der Waals surface area contributed by atoms with Crippen molar-refractivity contribution in [3.05, 3.63) is 35.4 Å². The zero-order valence-electron chi connectivity index (χ0n) is 13.2. The van der Waals surface area contributed by atoms with Crippen molar-refractivity contribution in [1.29, 1.82) is 5.26 Å². The second-order valence-corrected chi connectivity index (χ2v) is 5.34. The van der Waals surface area contributed by atoms with Gasteiger partial charge in [0.05, 0.1) is 6.10 Å². The minimum Gasteiger partial charge on any atom is -0.484 e. The van der Waals surface area contributed by atoms with Gasteiger partial charge in [0.25, 0.3) is 11.8 Å². The van der Waals surface area contributed by atoms with Crippen molar-refractivity contribution >= 4 is 17.9 Å². The molecule has 0 aromatic heterocycles. The standard InChI is InChI=1S/C17H19N3O4/c18-9-13(17(22)20-10-15-2-1-7-23-15)8-12-3-5-14(6-4-12)24-11-16(19)21/h3-6,8,15H,1-2,7,10-11H2,(H2,19,21)(H,20,22)/b13-8+.